The van der Waals surface area contributed by atoms with E-state index in [0.29, 0.717) is 15.7 Å². The van der Waals surface area contributed by atoms with E-state index in [-0.39, 0.29) is 4.21 Å². The molecule has 0 bridgehead atoms. The van der Waals surface area contributed by atoms with Crippen LogP contribution >= 0.6 is 27.3 Å². The summed E-state index contributed by atoms with van der Waals surface area (Å²) in [6, 6.07) is 10.1. The Bertz CT molecular complexity index is 776. The average Bonchev–Trinajstić information content (AvgIpc) is 2.90. The molecule has 0 atom stereocenters. The molecule has 0 amide bonds. The van der Waals surface area contributed by atoms with E-state index in [1.54, 1.807) is 24.3 Å². The number of hydrogen-bond donors (Lipinski definition) is 1. The molecule has 104 valence electrons. The monoisotopic (exact) mass is 370 g/mol. The Kier molecular flexibility index (Phi) is 4.48. The predicted molar refractivity (Wildman–Crippen MR) is 83.4 cm³/mol. The van der Waals surface area contributed by atoms with Crippen LogP contribution in [0.15, 0.2) is 39.0 Å². The van der Waals surface area contributed by atoms with Crippen molar-refractivity contribution in [3.63, 3.8) is 0 Å². The van der Waals surface area contributed by atoms with Crippen LogP contribution < -0.4 is 4.72 Å². The summed E-state index contributed by atoms with van der Waals surface area (Å²) in [6.45, 7) is 1.98. The third-order valence-corrected chi connectivity index (χ3v) is 6.34. The van der Waals surface area contributed by atoms with Gasteiger partial charge >= 0.3 is 0 Å². The fourth-order valence-corrected chi connectivity index (χ4v) is 4.54. The molecule has 0 aliphatic heterocycles. The molecule has 0 spiro atoms. The van der Waals surface area contributed by atoms with Gasteiger partial charge in [-0.25, -0.2) is 8.42 Å². The SMILES string of the molecule is CCc1ccc(S(=O)(=O)Nc2ccc(C#N)cc2Br)s1. The van der Waals surface area contributed by atoms with Crippen LogP contribution in [0.1, 0.15) is 17.4 Å². The maximum absolute atomic E-state index is 12.3. The molecule has 0 saturated carbocycles. The molecule has 0 aliphatic carbocycles. The summed E-state index contributed by atoms with van der Waals surface area (Å²) in [4.78, 5) is 1.02. The first kappa shape index (κ1) is 15.0. The Morgan fingerprint density at radius 2 is 2.10 bits per heavy atom. The number of aryl methyl sites for hydroxylation is 1. The summed E-state index contributed by atoms with van der Waals surface area (Å²) in [5, 5.41) is 8.79. The Balaban J connectivity index is 2.31. The van der Waals surface area contributed by atoms with E-state index in [0.717, 1.165) is 11.3 Å². The zero-order valence-electron chi connectivity index (χ0n) is 10.6. The molecule has 0 unspecified atom stereocenters. The van der Waals surface area contributed by atoms with Gasteiger partial charge in [0.1, 0.15) is 4.21 Å². The highest BCUT2D eigenvalue weighted by Crippen LogP contribution is 2.28. The van der Waals surface area contributed by atoms with Gasteiger partial charge in [-0.1, -0.05) is 6.92 Å². The Morgan fingerprint density at radius 3 is 2.65 bits per heavy atom. The number of halogens is 1. The number of hydrogen-bond acceptors (Lipinski definition) is 4. The average molecular weight is 371 g/mol. The van der Waals surface area contributed by atoms with E-state index in [2.05, 4.69) is 20.7 Å². The molecule has 4 nitrogen and oxygen atoms in total. The largest absolute Gasteiger partial charge is 0.278 e. The number of benzene rings is 1. The lowest BCUT2D eigenvalue weighted by atomic mass is 10.2. The minimum Gasteiger partial charge on any atom is -0.278 e. The summed E-state index contributed by atoms with van der Waals surface area (Å²) >= 11 is 4.51. The number of sulfonamides is 1. The third kappa shape index (κ3) is 3.20. The molecular weight excluding hydrogens is 360 g/mol. The second-order valence-electron chi connectivity index (χ2n) is 3.99. The number of nitrogens with one attached hydrogen (secondary N) is 1. The van der Waals surface area contributed by atoms with E-state index in [1.807, 2.05) is 19.1 Å². The highest BCUT2D eigenvalue weighted by atomic mass is 79.9. The lowest BCUT2D eigenvalue weighted by Crippen LogP contribution is -2.11. The van der Waals surface area contributed by atoms with Gasteiger partial charge < -0.3 is 0 Å². The van der Waals surface area contributed by atoms with Gasteiger partial charge in [0, 0.05) is 9.35 Å². The van der Waals surface area contributed by atoms with Gasteiger partial charge in [0.2, 0.25) is 0 Å². The summed E-state index contributed by atoms with van der Waals surface area (Å²) in [7, 11) is -3.59. The summed E-state index contributed by atoms with van der Waals surface area (Å²) in [6.07, 6.45) is 0.806. The first-order valence-corrected chi connectivity index (χ1v) is 8.86. The highest BCUT2D eigenvalue weighted by Gasteiger charge is 2.18. The first-order chi connectivity index (χ1) is 9.46. The van der Waals surface area contributed by atoms with E-state index in [1.165, 1.54) is 11.3 Å². The molecule has 7 heteroatoms. The van der Waals surface area contributed by atoms with Gasteiger partial charge in [-0.2, -0.15) is 5.26 Å². The van der Waals surface area contributed by atoms with Crippen molar-refractivity contribution in [3.05, 3.63) is 45.2 Å². The van der Waals surface area contributed by atoms with E-state index >= 15 is 0 Å². The number of rotatable bonds is 4. The molecule has 1 heterocycles. The zero-order chi connectivity index (χ0) is 14.8. The lowest BCUT2D eigenvalue weighted by molar-refractivity contribution is 0.603. The normalized spacial score (nSPS) is 11.1. The minimum atomic E-state index is -3.59. The van der Waals surface area contributed by atoms with Crippen LogP contribution in [0.5, 0.6) is 0 Å². The minimum absolute atomic E-state index is 0.283. The van der Waals surface area contributed by atoms with E-state index < -0.39 is 10.0 Å². The van der Waals surface area contributed by atoms with Crippen LogP contribution in [0.25, 0.3) is 0 Å². The quantitative estimate of drug-likeness (QED) is 0.890. The topological polar surface area (TPSA) is 70.0 Å². The van der Waals surface area contributed by atoms with Crippen LogP contribution in [0.4, 0.5) is 5.69 Å². The Morgan fingerprint density at radius 1 is 1.35 bits per heavy atom. The molecule has 2 aromatic rings. The molecule has 1 N–H and O–H groups in total. The van der Waals surface area contributed by atoms with Crippen molar-refractivity contribution in [2.24, 2.45) is 0 Å². The van der Waals surface area contributed by atoms with Crippen molar-refractivity contribution in [1.29, 1.82) is 5.26 Å². The molecule has 1 aromatic carbocycles. The van der Waals surface area contributed by atoms with Crippen LogP contribution in [-0.4, -0.2) is 8.42 Å². The highest BCUT2D eigenvalue weighted by molar-refractivity contribution is 9.10. The molecule has 0 saturated heterocycles. The van der Waals surface area contributed by atoms with Crippen molar-refractivity contribution in [1.82, 2.24) is 0 Å². The second-order valence-corrected chi connectivity index (χ2v) is 7.92. The molecular formula is C13H11BrN2O2S2. The predicted octanol–water partition coefficient (Wildman–Crippen LogP) is 3.75. The number of nitriles is 1. The fourth-order valence-electron chi connectivity index (χ4n) is 1.56. The van der Waals surface area contributed by atoms with E-state index in [4.69, 9.17) is 5.26 Å². The van der Waals surface area contributed by atoms with Crippen LogP contribution in [-0.2, 0) is 16.4 Å². The van der Waals surface area contributed by atoms with Gasteiger partial charge in [0.25, 0.3) is 10.0 Å². The van der Waals surface area contributed by atoms with E-state index in [9.17, 15) is 8.42 Å². The molecule has 2 rings (SSSR count). The van der Waals surface area contributed by atoms with Gasteiger partial charge in [0.05, 0.1) is 17.3 Å². The maximum Gasteiger partial charge on any atom is 0.271 e. The molecule has 0 fully saturated rings. The Hall–Kier alpha value is -1.36. The van der Waals surface area contributed by atoms with Crippen LogP contribution in [0, 0.1) is 11.3 Å². The van der Waals surface area contributed by atoms with Crippen molar-refractivity contribution in [3.8, 4) is 6.07 Å². The van der Waals surface area contributed by atoms with Gasteiger partial charge in [0.15, 0.2) is 0 Å². The molecule has 1 aromatic heterocycles. The van der Waals surface area contributed by atoms with Gasteiger partial charge in [-0.15, -0.1) is 11.3 Å². The standard InChI is InChI=1S/C13H11BrN2O2S2/c1-2-10-4-6-13(19-10)20(17,18)16-12-5-3-9(8-15)7-11(12)14/h3-7,16H,2H2,1H3. The molecule has 0 radical (unpaired) electrons. The van der Waals surface area contributed by atoms with Crippen LogP contribution in [0.2, 0.25) is 0 Å². The first-order valence-electron chi connectivity index (χ1n) is 5.77. The van der Waals surface area contributed by atoms with Gasteiger partial charge in [-0.3, -0.25) is 4.72 Å². The fraction of sp³-hybridized carbons (Fsp3) is 0.154. The summed E-state index contributed by atoms with van der Waals surface area (Å²) in [5.41, 5.74) is 0.875. The van der Waals surface area contributed by atoms with Crippen molar-refractivity contribution >= 4 is 43.0 Å². The van der Waals surface area contributed by atoms with Crippen LogP contribution in [0.3, 0.4) is 0 Å². The van der Waals surface area contributed by atoms with Gasteiger partial charge in [-0.05, 0) is 52.7 Å². The number of thiophene rings is 1. The lowest BCUT2D eigenvalue weighted by Gasteiger charge is -2.08. The summed E-state index contributed by atoms with van der Waals surface area (Å²) < 4.78 is 27.8. The number of anilines is 1. The molecule has 0 aliphatic rings. The second kappa shape index (κ2) is 5.95. The number of nitrogens with zero attached hydrogens (tertiary/aromatic N) is 1. The Labute approximate surface area is 130 Å². The summed E-state index contributed by atoms with van der Waals surface area (Å²) in [5.74, 6) is 0. The zero-order valence-corrected chi connectivity index (χ0v) is 13.8. The van der Waals surface area contributed by atoms with Crippen molar-refractivity contribution in [2.75, 3.05) is 4.72 Å². The third-order valence-electron chi connectivity index (χ3n) is 2.59. The van der Waals surface area contributed by atoms with Crippen molar-refractivity contribution < 1.29 is 8.42 Å². The smallest absolute Gasteiger partial charge is 0.271 e. The maximum atomic E-state index is 12.3. The van der Waals surface area contributed by atoms with Crippen molar-refractivity contribution in [2.45, 2.75) is 17.6 Å². The molecule has 20 heavy (non-hydrogen) atoms.